The van der Waals surface area contributed by atoms with Crippen LogP contribution in [-0.2, 0) is 17.6 Å². The Balaban J connectivity index is 1.88. The molecule has 1 heterocycles. The quantitative estimate of drug-likeness (QED) is 0.325. The third kappa shape index (κ3) is 4.39. The second kappa shape index (κ2) is 8.97. The standard InChI is InChI=1S/C20H22N2O5S/c1-2-12-27-20(24)17-15-6-4-3-5-7-16(15)28-19(17)21-18(23)13-8-10-14(11-9-13)22(25)26/h8-11H,2-7,12H2,1H3,(H,21,23). The number of hydrogen-bond acceptors (Lipinski definition) is 6. The van der Waals surface area contributed by atoms with Crippen LogP contribution in [0.4, 0.5) is 10.7 Å². The lowest BCUT2D eigenvalue weighted by Gasteiger charge is -2.09. The van der Waals surface area contributed by atoms with Crippen LogP contribution in [0.25, 0.3) is 0 Å². The van der Waals surface area contributed by atoms with Crippen molar-refractivity contribution in [2.45, 2.75) is 45.4 Å². The number of hydrogen-bond donors (Lipinski definition) is 1. The number of fused-ring (bicyclic) bond motifs is 1. The number of anilines is 1. The molecule has 1 aliphatic carbocycles. The number of esters is 1. The SMILES string of the molecule is CCCOC(=O)c1c(NC(=O)c2ccc([N+](=O)[O-])cc2)sc2c1CCCCC2. The molecule has 0 unspecified atom stereocenters. The van der Waals surface area contributed by atoms with Crippen LogP contribution in [0.1, 0.15) is 63.8 Å². The Bertz CT molecular complexity index is 889. The maximum absolute atomic E-state index is 12.7. The molecule has 0 aliphatic heterocycles. The van der Waals surface area contributed by atoms with Crippen molar-refractivity contribution in [3.05, 3.63) is 55.9 Å². The van der Waals surface area contributed by atoms with E-state index in [0.29, 0.717) is 22.7 Å². The number of aryl methyl sites for hydroxylation is 1. The van der Waals surface area contributed by atoms with E-state index in [1.807, 2.05) is 6.92 Å². The highest BCUT2D eigenvalue weighted by Gasteiger charge is 2.27. The zero-order valence-electron chi connectivity index (χ0n) is 15.7. The molecule has 7 nitrogen and oxygen atoms in total. The molecule has 8 heteroatoms. The smallest absolute Gasteiger partial charge is 0.341 e. The minimum Gasteiger partial charge on any atom is -0.462 e. The van der Waals surface area contributed by atoms with Crippen LogP contribution < -0.4 is 5.32 Å². The maximum Gasteiger partial charge on any atom is 0.341 e. The van der Waals surface area contributed by atoms with E-state index >= 15 is 0 Å². The second-order valence-corrected chi connectivity index (χ2v) is 7.77. The molecule has 0 saturated heterocycles. The van der Waals surface area contributed by atoms with Gasteiger partial charge in [0.1, 0.15) is 5.00 Å². The van der Waals surface area contributed by atoms with Gasteiger partial charge in [-0.1, -0.05) is 13.3 Å². The van der Waals surface area contributed by atoms with Gasteiger partial charge in [-0.3, -0.25) is 14.9 Å². The van der Waals surface area contributed by atoms with Crippen molar-refractivity contribution in [1.29, 1.82) is 0 Å². The molecule has 0 fully saturated rings. The third-order valence-electron chi connectivity index (χ3n) is 4.63. The van der Waals surface area contributed by atoms with Gasteiger partial charge < -0.3 is 10.1 Å². The zero-order valence-corrected chi connectivity index (χ0v) is 16.5. The molecule has 0 radical (unpaired) electrons. The highest BCUT2D eigenvalue weighted by Crippen LogP contribution is 2.38. The van der Waals surface area contributed by atoms with Crippen LogP contribution in [-0.4, -0.2) is 23.4 Å². The van der Waals surface area contributed by atoms with Crippen LogP contribution in [0.2, 0.25) is 0 Å². The Morgan fingerprint density at radius 3 is 2.57 bits per heavy atom. The van der Waals surface area contributed by atoms with Crippen molar-refractivity contribution in [1.82, 2.24) is 0 Å². The van der Waals surface area contributed by atoms with Crippen molar-refractivity contribution in [2.24, 2.45) is 0 Å². The summed E-state index contributed by atoms with van der Waals surface area (Å²) < 4.78 is 5.35. The molecule has 0 spiro atoms. The molecule has 148 valence electrons. The molecule has 1 N–H and O–H groups in total. The van der Waals surface area contributed by atoms with Crippen LogP contribution >= 0.6 is 11.3 Å². The topological polar surface area (TPSA) is 98.5 Å². The number of nitro groups is 1. The Morgan fingerprint density at radius 1 is 1.18 bits per heavy atom. The predicted octanol–water partition coefficient (Wildman–Crippen LogP) is 4.74. The number of non-ortho nitro benzene ring substituents is 1. The molecule has 3 rings (SSSR count). The Morgan fingerprint density at radius 2 is 1.89 bits per heavy atom. The first-order valence-corrected chi connectivity index (χ1v) is 10.2. The van der Waals surface area contributed by atoms with Gasteiger partial charge in [-0.25, -0.2) is 4.79 Å². The molecular formula is C20H22N2O5S. The molecule has 2 aromatic rings. The largest absolute Gasteiger partial charge is 0.462 e. The van der Waals surface area contributed by atoms with Crippen LogP contribution in [0, 0.1) is 10.1 Å². The number of rotatable bonds is 6. The Hall–Kier alpha value is -2.74. The molecular weight excluding hydrogens is 380 g/mol. The fourth-order valence-corrected chi connectivity index (χ4v) is 4.50. The first kappa shape index (κ1) is 20.0. The van der Waals surface area contributed by atoms with Gasteiger partial charge in [0.2, 0.25) is 0 Å². The van der Waals surface area contributed by atoms with Crippen molar-refractivity contribution < 1.29 is 19.2 Å². The highest BCUT2D eigenvalue weighted by atomic mass is 32.1. The van der Waals surface area contributed by atoms with E-state index in [0.717, 1.165) is 49.0 Å². The fourth-order valence-electron chi connectivity index (χ4n) is 3.22. The molecule has 1 aromatic heterocycles. The summed E-state index contributed by atoms with van der Waals surface area (Å²) >= 11 is 1.43. The summed E-state index contributed by atoms with van der Waals surface area (Å²) in [5.74, 6) is -0.809. The van der Waals surface area contributed by atoms with Crippen LogP contribution in [0.3, 0.4) is 0 Å². The lowest BCUT2D eigenvalue weighted by atomic mass is 10.1. The minimum absolute atomic E-state index is 0.0804. The number of nitrogens with one attached hydrogen (secondary N) is 1. The monoisotopic (exact) mass is 402 g/mol. The number of carbonyl (C=O) groups excluding carboxylic acids is 2. The molecule has 0 bridgehead atoms. The van der Waals surface area contributed by atoms with Gasteiger partial charge in [0.05, 0.1) is 17.1 Å². The third-order valence-corrected chi connectivity index (χ3v) is 5.84. The van der Waals surface area contributed by atoms with Crippen molar-refractivity contribution in [2.75, 3.05) is 11.9 Å². The average molecular weight is 402 g/mol. The van der Waals surface area contributed by atoms with Crippen molar-refractivity contribution in [3.63, 3.8) is 0 Å². The summed E-state index contributed by atoms with van der Waals surface area (Å²) in [5, 5.41) is 14.1. The number of benzene rings is 1. The van der Waals surface area contributed by atoms with Crippen molar-refractivity contribution in [3.8, 4) is 0 Å². The number of nitrogens with zero attached hydrogens (tertiary/aromatic N) is 1. The first-order chi connectivity index (χ1) is 13.5. The van der Waals surface area contributed by atoms with Crippen molar-refractivity contribution >= 4 is 33.9 Å². The summed E-state index contributed by atoms with van der Waals surface area (Å²) in [7, 11) is 0. The normalized spacial score (nSPS) is 13.3. The summed E-state index contributed by atoms with van der Waals surface area (Å²) in [6, 6.07) is 5.38. The van der Waals surface area contributed by atoms with E-state index in [2.05, 4.69) is 5.32 Å². The highest BCUT2D eigenvalue weighted by molar-refractivity contribution is 7.17. The van der Waals surface area contributed by atoms with Crippen LogP contribution in [0.15, 0.2) is 24.3 Å². The molecule has 0 saturated carbocycles. The van der Waals surface area contributed by atoms with Gasteiger partial charge in [0.25, 0.3) is 11.6 Å². The average Bonchev–Trinajstić information content (AvgIpc) is 2.86. The van der Waals surface area contributed by atoms with Crippen LogP contribution in [0.5, 0.6) is 0 Å². The van der Waals surface area contributed by atoms with Gasteiger partial charge in [0, 0.05) is 22.6 Å². The van der Waals surface area contributed by atoms with E-state index in [1.54, 1.807) is 0 Å². The van der Waals surface area contributed by atoms with Gasteiger partial charge in [0.15, 0.2) is 0 Å². The van der Waals surface area contributed by atoms with E-state index in [4.69, 9.17) is 4.74 Å². The number of carbonyl (C=O) groups is 2. The van der Waals surface area contributed by atoms with E-state index in [1.165, 1.54) is 35.6 Å². The summed E-state index contributed by atoms with van der Waals surface area (Å²) in [6.07, 6.45) is 5.61. The summed E-state index contributed by atoms with van der Waals surface area (Å²) in [5.41, 5.74) is 1.67. The minimum atomic E-state index is -0.514. The number of thiophene rings is 1. The van der Waals surface area contributed by atoms with E-state index in [9.17, 15) is 19.7 Å². The lowest BCUT2D eigenvalue weighted by molar-refractivity contribution is -0.384. The molecule has 1 aliphatic rings. The molecule has 0 atom stereocenters. The molecule has 1 aromatic carbocycles. The van der Waals surface area contributed by atoms with Gasteiger partial charge in [-0.05, 0) is 49.8 Å². The lowest BCUT2D eigenvalue weighted by Crippen LogP contribution is -2.15. The van der Waals surface area contributed by atoms with E-state index < -0.39 is 16.8 Å². The van der Waals surface area contributed by atoms with Gasteiger partial charge in [-0.2, -0.15) is 0 Å². The zero-order chi connectivity index (χ0) is 20.1. The molecule has 1 amide bonds. The van der Waals surface area contributed by atoms with E-state index in [-0.39, 0.29) is 5.69 Å². The molecule has 28 heavy (non-hydrogen) atoms. The number of ether oxygens (including phenoxy) is 1. The maximum atomic E-state index is 12.7. The second-order valence-electron chi connectivity index (χ2n) is 6.66. The summed E-state index contributed by atoms with van der Waals surface area (Å²) in [6.45, 7) is 2.26. The fraction of sp³-hybridized carbons (Fsp3) is 0.400. The summed E-state index contributed by atoms with van der Waals surface area (Å²) in [4.78, 5) is 36.7. The predicted molar refractivity (Wildman–Crippen MR) is 107 cm³/mol. The first-order valence-electron chi connectivity index (χ1n) is 9.38. The number of nitro benzene ring substituents is 1. The van der Waals surface area contributed by atoms with Gasteiger partial charge in [-0.15, -0.1) is 11.3 Å². The van der Waals surface area contributed by atoms with Gasteiger partial charge >= 0.3 is 5.97 Å². The number of amides is 1. The Labute approximate surface area is 166 Å². The Kier molecular flexibility index (Phi) is 6.41.